The Hall–Kier alpha value is -1.89. The molecule has 0 spiro atoms. The van der Waals surface area contributed by atoms with E-state index in [0.717, 1.165) is 5.56 Å². The zero-order valence-corrected chi connectivity index (χ0v) is 14.7. The predicted molar refractivity (Wildman–Crippen MR) is 89.4 cm³/mol. The summed E-state index contributed by atoms with van der Waals surface area (Å²) in [6.07, 6.45) is 1.87. The van der Waals surface area contributed by atoms with E-state index in [-0.39, 0.29) is 29.2 Å². The second kappa shape index (κ2) is 7.34. The average Bonchev–Trinajstić information content (AvgIpc) is 2.96. The first kappa shape index (κ1) is 18.4. The summed E-state index contributed by atoms with van der Waals surface area (Å²) < 4.78 is 24.1. The zero-order chi connectivity index (χ0) is 17.9. The van der Waals surface area contributed by atoms with E-state index < -0.39 is 21.1 Å². The van der Waals surface area contributed by atoms with E-state index in [1.54, 1.807) is 26.0 Å². The molecule has 0 heterocycles. The highest BCUT2D eigenvalue weighted by molar-refractivity contribution is 7.92. The fourth-order valence-electron chi connectivity index (χ4n) is 2.87. The van der Waals surface area contributed by atoms with Crippen molar-refractivity contribution in [3.8, 4) is 0 Å². The Labute approximate surface area is 142 Å². The minimum absolute atomic E-state index is 0.0980. The Morgan fingerprint density at radius 1 is 1.21 bits per heavy atom. The smallest absolute Gasteiger partial charge is 0.306 e. The summed E-state index contributed by atoms with van der Waals surface area (Å²) >= 11 is 0. The monoisotopic (exact) mass is 353 g/mol. The highest BCUT2D eigenvalue weighted by atomic mass is 32.2. The number of hydrogen-bond donors (Lipinski definition) is 2. The second-order valence-corrected chi connectivity index (χ2v) is 9.03. The lowest BCUT2D eigenvalue weighted by molar-refractivity contribution is -0.141. The van der Waals surface area contributed by atoms with Gasteiger partial charge in [0.05, 0.1) is 22.5 Å². The van der Waals surface area contributed by atoms with Crippen LogP contribution < -0.4 is 5.32 Å². The van der Waals surface area contributed by atoms with Crippen LogP contribution in [0.2, 0.25) is 0 Å². The molecule has 24 heavy (non-hydrogen) atoms. The molecule has 1 aromatic rings. The number of amides is 1. The molecule has 1 aliphatic carbocycles. The van der Waals surface area contributed by atoms with Crippen LogP contribution in [-0.2, 0) is 25.8 Å². The zero-order valence-electron chi connectivity index (χ0n) is 13.9. The van der Waals surface area contributed by atoms with Crippen molar-refractivity contribution in [3.63, 3.8) is 0 Å². The molecule has 0 saturated heterocycles. The maximum Gasteiger partial charge on any atom is 0.306 e. The van der Waals surface area contributed by atoms with E-state index in [1.807, 2.05) is 0 Å². The molecule has 6 nitrogen and oxygen atoms in total. The van der Waals surface area contributed by atoms with Gasteiger partial charge in [-0.15, -0.1) is 0 Å². The van der Waals surface area contributed by atoms with E-state index in [2.05, 4.69) is 5.32 Å². The van der Waals surface area contributed by atoms with E-state index in [0.29, 0.717) is 19.3 Å². The van der Waals surface area contributed by atoms with Gasteiger partial charge in [0.25, 0.3) is 0 Å². The van der Waals surface area contributed by atoms with Gasteiger partial charge >= 0.3 is 5.97 Å². The van der Waals surface area contributed by atoms with Crippen molar-refractivity contribution in [1.82, 2.24) is 5.32 Å². The van der Waals surface area contributed by atoms with Gasteiger partial charge in [0.15, 0.2) is 9.84 Å². The standard InChI is InChI=1S/C17H23NO5S/c1-11(2)24(22,23)15-7-3-12(4-8-15)9-16(19)18-14-6-5-13(10-14)17(20)21/h3-4,7-8,11,13-14H,5-6,9-10H2,1-2H3,(H,18,19)(H,20,21)/t13-,14+/m0/s1. The topological polar surface area (TPSA) is 101 Å². The molecule has 0 aromatic heterocycles. The summed E-state index contributed by atoms with van der Waals surface area (Å²) in [5.74, 6) is -1.37. The van der Waals surface area contributed by atoms with E-state index in [1.165, 1.54) is 12.1 Å². The van der Waals surface area contributed by atoms with Gasteiger partial charge in [0.1, 0.15) is 0 Å². The molecular formula is C17H23NO5S. The van der Waals surface area contributed by atoms with Crippen molar-refractivity contribution >= 4 is 21.7 Å². The molecule has 132 valence electrons. The van der Waals surface area contributed by atoms with Crippen LogP contribution in [0.1, 0.15) is 38.7 Å². The number of hydrogen-bond acceptors (Lipinski definition) is 4. The Morgan fingerprint density at radius 3 is 2.33 bits per heavy atom. The van der Waals surface area contributed by atoms with E-state index in [4.69, 9.17) is 5.11 Å². The predicted octanol–water partition coefficient (Wildman–Crippen LogP) is 1.78. The lowest BCUT2D eigenvalue weighted by atomic mass is 10.1. The van der Waals surface area contributed by atoms with Crippen LogP contribution in [0, 0.1) is 5.92 Å². The molecule has 0 unspecified atom stereocenters. The van der Waals surface area contributed by atoms with Gasteiger partial charge in [-0.1, -0.05) is 12.1 Å². The van der Waals surface area contributed by atoms with Gasteiger partial charge in [-0.3, -0.25) is 9.59 Å². The molecule has 7 heteroatoms. The van der Waals surface area contributed by atoms with Gasteiger partial charge in [-0.05, 0) is 50.8 Å². The first-order chi connectivity index (χ1) is 11.2. The van der Waals surface area contributed by atoms with Crippen molar-refractivity contribution in [3.05, 3.63) is 29.8 Å². The Morgan fingerprint density at radius 2 is 1.83 bits per heavy atom. The number of carbonyl (C=O) groups excluding carboxylic acids is 1. The van der Waals surface area contributed by atoms with Crippen LogP contribution in [0.25, 0.3) is 0 Å². The summed E-state index contributed by atoms with van der Waals surface area (Å²) in [7, 11) is -3.31. The Bertz CT molecular complexity index is 709. The summed E-state index contributed by atoms with van der Waals surface area (Å²) in [5.41, 5.74) is 0.725. The number of sulfone groups is 1. The second-order valence-electron chi connectivity index (χ2n) is 6.53. The van der Waals surface area contributed by atoms with Crippen molar-refractivity contribution in [1.29, 1.82) is 0 Å². The molecule has 2 atom stereocenters. The van der Waals surface area contributed by atoms with Crippen LogP contribution in [0.3, 0.4) is 0 Å². The molecule has 1 amide bonds. The van der Waals surface area contributed by atoms with Crippen LogP contribution in [0.15, 0.2) is 29.2 Å². The van der Waals surface area contributed by atoms with Gasteiger partial charge in [0.2, 0.25) is 5.91 Å². The van der Waals surface area contributed by atoms with E-state index in [9.17, 15) is 18.0 Å². The maximum absolute atomic E-state index is 12.1. The first-order valence-corrected chi connectivity index (χ1v) is 9.59. The molecule has 0 bridgehead atoms. The van der Waals surface area contributed by atoms with Crippen LogP contribution in [0.4, 0.5) is 0 Å². The molecule has 2 rings (SSSR count). The maximum atomic E-state index is 12.1. The average molecular weight is 353 g/mol. The van der Waals surface area contributed by atoms with Crippen molar-refractivity contribution in [2.24, 2.45) is 5.92 Å². The third-order valence-corrected chi connectivity index (χ3v) is 6.55. The van der Waals surface area contributed by atoms with Crippen LogP contribution in [-0.4, -0.2) is 36.7 Å². The van der Waals surface area contributed by atoms with Crippen molar-refractivity contribution in [2.75, 3.05) is 0 Å². The van der Waals surface area contributed by atoms with Crippen molar-refractivity contribution in [2.45, 2.75) is 55.7 Å². The normalized spacial score (nSPS) is 21.0. The molecule has 1 fully saturated rings. The fraction of sp³-hybridized carbons (Fsp3) is 0.529. The summed E-state index contributed by atoms with van der Waals surface area (Å²) in [5, 5.41) is 11.3. The van der Waals surface area contributed by atoms with Gasteiger partial charge in [-0.25, -0.2) is 8.42 Å². The number of carboxylic acid groups (broad SMARTS) is 1. The first-order valence-electron chi connectivity index (χ1n) is 8.05. The SMILES string of the molecule is CC(C)S(=O)(=O)c1ccc(CC(=O)N[C@@H]2CC[C@H](C(=O)O)C2)cc1. The van der Waals surface area contributed by atoms with Gasteiger partial charge in [-0.2, -0.15) is 0 Å². The van der Waals surface area contributed by atoms with E-state index >= 15 is 0 Å². The minimum atomic E-state index is -3.31. The highest BCUT2D eigenvalue weighted by Gasteiger charge is 2.30. The number of benzene rings is 1. The van der Waals surface area contributed by atoms with Gasteiger partial charge in [0, 0.05) is 6.04 Å². The molecule has 1 saturated carbocycles. The summed E-state index contributed by atoms with van der Waals surface area (Å²) in [6.45, 7) is 3.26. The number of carboxylic acids is 1. The van der Waals surface area contributed by atoms with Crippen LogP contribution in [0.5, 0.6) is 0 Å². The van der Waals surface area contributed by atoms with Gasteiger partial charge < -0.3 is 10.4 Å². The molecule has 1 aliphatic rings. The molecule has 0 aliphatic heterocycles. The number of carbonyl (C=O) groups is 2. The largest absolute Gasteiger partial charge is 0.481 e. The lowest BCUT2D eigenvalue weighted by Crippen LogP contribution is -2.34. The molecule has 0 radical (unpaired) electrons. The number of nitrogens with one attached hydrogen (secondary N) is 1. The summed E-state index contributed by atoms with van der Waals surface area (Å²) in [4.78, 5) is 23.2. The third-order valence-electron chi connectivity index (χ3n) is 4.38. The van der Waals surface area contributed by atoms with Crippen molar-refractivity contribution < 1.29 is 23.1 Å². The Balaban J connectivity index is 1.92. The Kier molecular flexibility index (Phi) is 5.64. The molecule has 1 aromatic carbocycles. The third kappa shape index (κ3) is 4.35. The number of aliphatic carboxylic acids is 1. The highest BCUT2D eigenvalue weighted by Crippen LogP contribution is 2.25. The van der Waals surface area contributed by atoms with Crippen LogP contribution >= 0.6 is 0 Å². The summed E-state index contributed by atoms with van der Waals surface area (Å²) in [6, 6.07) is 6.23. The molecule has 2 N–H and O–H groups in total. The lowest BCUT2D eigenvalue weighted by Gasteiger charge is -2.13. The minimum Gasteiger partial charge on any atom is -0.481 e. The molecular weight excluding hydrogens is 330 g/mol. The number of rotatable bonds is 6. The fourth-order valence-corrected chi connectivity index (χ4v) is 3.93. The quantitative estimate of drug-likeness (QED) is 0.812.